The lowest BCUT2D eigenvalue weighted by atomic mass is 9.96. The van der Waals surface area contributed by atoms with Crippen molar-refractivity contribution >= 4 is 27.8 Å². The fourth-order valence-electron chi connectivity index (χ4n) is 4.58. The van der Waals surface area contributed by atoms with E-state index in [0.29, 0.717) is 0 Å². The van der Waals surface area contributed by atoms with Gasteiger partial charge in [-0.3, -0.25) is 14.8 Å². The Kier molecular flexibility index (Phi) is 6.30. The monoisotopic (exact) mass is 446 g/mol. The number of benzene rings is 3. The lowest BCUT2D eigenvalue weighted by molar-refractivity contribution is -0.137. The molecule has 0 aliphatic heterocycles. The number of fused-ring (bicyclic) bond motifs is 3. The molecule has 5 rings (SSSR count). The fourth-order valence-corrected chi connectivity index (χ4v) is 4.58. The maximum atomic E-state index is 10.6. The summed E-state index contributed by atoms with van der Waals surface area (Å²) in [6.45, 7) is 0. The maximum absolute atomic E-state index is 10.6. The second-order valence-electron chi connectivity index (χ2n) is 8.59. The van der Waals surface area contributed by atoms with Gasteiger partial charge in [0.15, 0.2) is 0 Å². The smallest absolute Gasteiger partial charge is 0.303 e. The molecule has 2 aromatic heterocycles. The van der Waals surface area contributed by atoms with Gasteiger partial charge in [0.05, 0.1) is 11.0 Å². The van der Waals surface area contributed by atoms with Crippen molar-refractivity contribution < 1.29 is 9.90 Å². The number of carboxylic acids is 1. The third-order valence-electron chi connectivity index (χ3n) is 6.33. The van der Waals surface area contributed by atoms with Crippen LogP contribution in [0.15, 0.2) is 91.3 Å². The highest BCUT2D eigenvalue weighted by Crippen LogP contribution is 2.35. The van der Waals surface area contributed by atoms with Crippen LogP contribution in [0, 0.1) is 0 Å². The zero-order valence-corrected chi connectivity index (χ0v) is 18.9. The number of aromatic nitrogens is 2. The van der Waals surface area contributed by atoms with E-state index in [-0.39, 0.29) is 6.42 Å². The van der Waals surface area contributed by atoms with E-state index in [1.807, 2.05) is 18.5 Å². The number of carboxylic acid groups (broad SMARTS) is 1. The summed E-state index contributed by atoms with van der Waals surface area (Å²) in [5, 5.41) is 11.0. The summed E-state index contributed by atoms with van der Waals surface area (Å²) in [6, 6.07) is 27.5. The molecule has 1 N–H and O–H groups in total. The number of rotatable bonds is 8. The molecule has 0 fully saturated rings. The third-order valence-corrected chi connectivity index (χ3v) is 6.33. The summed E-state index contributed by atoms with van der Waals surface area (Å²) in [5.74, 6) is -0.715. The average molecular weight is 447 g/mol. The Morgan fingerprint density at radius 1 is 0.647 bits per heavy atom. The number of unbranched alkanes of at least 4 members (excludes halogenated alkanes) is 2. The van der Waals surface area contributed by atoms with Crippen LogP contribution in [0.5, 0.6) is 0 Å². The molecule has 2 heterocycles. The van der Waals surface area contributed by atoms with Crippen LogP contribution in [-0.4, -0.2) is 21.0 Å². The number of hydrogen-bond donors (Lipinski definition) is 1. The minimum atomic E-state index is -0.715. The predicted molar refractivity (Wildman–Crippen MR) is 138 cm³/mol. The van der Waals surface area contributed by atoms with Gasteiger partial charge in [-0.2, -0.15) is 0 Å². The van der Waals surface area contributed by atoms with Gasteiger partial charge in [0.2, 0.25) is 0 Å². The minimum absolute atomic E-state index is 0.254. The molecule has 0 saturated carbocycles. The van der Waals surface area contributed by atoms with Gasteiger partial charge >= 0.3 is 5.97 Å². The molecule has 0 amide bonds. The van der Waals surface area contributed by atoms with Crippen molar-refractivity contribution in [3.63, 3.8) is 0 Å². The number of aliphatic carboxylic acids is 1. The van der Waals surface area contributed by atoms with Crippen LogP contribution in [0.1, 0.15) is 31.2 Å². The second-order valence-corrected chi connectivity index (χ2v) is 8.59. The van der Waals surface area contributed by atoms with Crippen molar-refractivity contribution in [2.75, 3.05) is 0 Å². The van der Waals surface area contributed by atoms with E-state index in [9.17, 15) is 4.79 Å². The van der Waals surface area contributed by atoms with E-state index < -0.39 is 5.97 Å². The van der Waals surface area contributed by atoms with Crippen LogP contribution in [-0.2, 0) is 11.2 Å². The van der Waals surface area contributed by atoms with Gasteiger partial charge < -0.3 is 5.11 Å². The molecular weight excluding hydrogens is 420 g/mol. The van der Waals surface area contributed by atoms with Crippen LogP contribution >= 0.6 is 0 Å². The Morgan fingerprint density at radius 3 is 1.82 bits per heavy atom. The predicted octanol–water partition coefficient (Wildman–Crippen LogP) is 7.30. The number of pyridine rings is 2. The first-order valence-corrected chi connectivity index (χ1v) is 11.7. The highest BCUT2D eigenvalue weighted by molar-refractivity contribution is 6.11. The van der Waals surface area contributed by atoms with Gasteiger partial charge in [0, 0.05) is 29.6 Å². The molecule has 0 spiro atoms. The number of aryl methyl sites for hydroxylation is 1. The van der Waals surface area contributed by atoms with Gasteiger partial charge in [0.1, 0.15) is 0 Å². The molecule has 0 saturated heterocycles. The van der Waals surface area contributed by atoms with Crippen molar-refractivity contribution in [2.45, 2.75) is 32.1 Å². The Labute approximate surface area is 198 Å². The second kappa shape index (κ2) is 9.84. The molecule has 0 aliphatic carbocycles. The van der Waals surface area contributed by atoms with E-state index in [2.05, 4.69) is 72.8 Å². The molecule has 4 nitrogen and oxygen atoms in total. The van der Waals surface area contributed by atoms with Crippen molar-refractivity contribution in [1.29, 1.82) is 0 Å². The highest BCUT2D eigenvalue weighted by atomic mass is 16.4. The molecule has 0 aliphatic rings. The van der Waals surface area contributed by atoms with Crippen molar-refractivity contribution in [3.05, 3.63) is 96.8 Å². The summed E-state index contributed by atoms with van der Waals surface area (Å²) in [4.78, 5) is 20.1. The highest BCUT2D eigenvalue weighted by Gasteiger charge is 2.12. The van der Waals surface area contributed by atoms with Gasteiger partial charge in [0.25, 0.3) is 0 Å². The molecule has 5 aromatic rings. The lowest BCUT2D eigenvalue weighted by Gasteiger charge is -2.11. The molecule has 0 radical (unpaired) electrons. The standard InChI is InChI=1S/C30H26N2O2/c33-28(34)10-6-1-3-7-21-11-13-23(14-12-21)25-18-20-32-30-27(25)16-15-26-24(17-19-31-29(26)30)22-8-4-2-5-9-22/h2,4-5,8-9,11-20H,1,3,6-7,10H2,(H,33,34). The minimum Gasteiger partial charge on any atom is -0.481 e. The zero-order chi connectivity index (χ0) is 23.3. The van der Waals surface area contributed by atoms with E-state index in [0.717, 1.165) is 64.2 Å². The summed E-state index contributed by atoms with van der Waals surface area (Å²) < 4.78 is 0. The molecule has 3 aromatic carbocycles. The molecule has 0 atom stereocenters. The normalized spacial score (nSPS) is 11.2. The van der Waals surface area contributed by atoms with Gasteiger partial charge in [-0.05, 0) is 59.2 Å². The zero-order valence-electron chi connectivity index (χ0n) is 18.9. The number of nitrogens with zero attached hydrogens (tertiary/aromatic N) is 2. The average Bonchev–Trinajstić information content (AvgIpc) is 2.88. The van der Waals surface area contributed by atoms with Crippen molar-refractivity contribution in [3.8, 4) is 22.3 Å². The molecular formula is C30H26N2O2. The first kappa shape index (κ1) is 21.8. The van der Waals surface area contributed by atoms with E-state index in [4.69, 9.17) is 15.1 Å². The molecule has 4 heteroatoms. The van der Waals surface area contributed by atoms with Gasteiger partial charge in [-0.15, -0.1) is 0 Å². The van der Waals surface area contributed by atoms with Crippen molar-refractivity contribution in [1.82, 2.24) is 9.97 Å². The van der Waals surface area contributed by atoms with Gasteiger partial charge in [-0.25, -0.2) is 0 Å². The number of hydrogen-bond acceptors (Lipinski definition) is 3. The molecule has 34 heavy (non-hydrogen) atoms. The Morgan fingerprint density at radius 2 is 1.24 bits per heavy atom. The van der Waals surface area contributed by atoms with Crippen LogP contribution < -0.4 is 0 Å². The van der Waals surface area contributed by atoms with Crippen LogP contribution in [0.25, 0.3) is 44.1 Å². The van der Waals surface area contributed by atoms with Crippen LogP contribution in [0.3, 0.4) is 0 Å². The van der Waals surface area contributed by atoms with Gasteiger partial charge in [-0.1, -0.05) is 73.2 Å². The molecule has 168 valence electrons. The maximum Gasteiger partial charge on any atom is 0.303 e. The van der Waals surface area contributed by atoms with Crippen LogP contribution in [0.4, 0.5) is 0 Å². The Bertz CT molecular complexity index is 1440. The Balaban J connectivity index is 1.44. The van der Waals surface area contributed by atoms with E-state index >= 15 is 0 Å². The number of carbonyl (C=O) groups is 1. The Hall–Kier alpha value is -4.05. The summed E-state index contributed by atoms with van der Waals surface area (Å²) >= 11 is 0. The third kappa shape index (κ3) is 4.53. The topological polar surface area (TPSA) is 63.1 Å². The lowest BCUT2D eigenvalue weighted by Crippen LogP contribution is -1.94. The van der Waals surface area contributed by atoms with E-state index in [1.54, 1.807) is 0 Å². The molecule has 0 bridgehead atoms. The molecule has 0 unspecified atom stereocenters. The SMILES string of the molecule is O=C(O)CCCCCc1ccc(-c2ccnc3c2ccc2c(-c4ccccc4)ccnc23)cc1. The first-order chi connectivity index (χ1) is 16.7. The quantitative estimate of drug-likeness (QED) is 0.201. The largest absolute Gasteiger partial charge is 0.481 e. The van der Waals surface area contributed by atoms with Crippen LogP contribution in [0.2, 0.25) is 0 Å². The van der Waals surface area contributed by atoms with Crippen molar-refractivity contribution in [2.24, 2.45) is 0 Å². The summed E-state index contributed by atoms with van der Waals surface area (Å²) in [7, 11) is 0. The van der Waals surface area contributed by atoms with E-state index in [1.165, 1.54) is 11.1 Å². The summed E-state index contributed by atoms with van der Waals surface area (Å²) in [5.41, 5.74) is 7.73. The summed E-state index contributed by atoms with van der Waals surface area (Å²) in [6.07, 6.45) is 7.64. The first-order valence-electron chi connectivity index (χ1n) is 11.7. The fraction of sp³-hybridized carbons (Fsp3) is 0.167.